The number of imidazole rings is 1. The number of aryl methyl sites for hydroxylation is 2. The molecule has 10 heteroatoms. The Balaban J connectivity index is 1.47. The number of halogens is 2. The number of aromatic nitrogens is 6. The van der Waals surface area contributed by atoms with Crippen molar-refractivity contribution in [2.75, 3.05) is 7.11 Å². The van der Waals surface area contributed by atoms with Gasteiger partial charge in [0, 0.05) is 12.7 Å². The Bertz CT molecular complexity index is 1480. The zero-order valence-electron chi connectivity index (χ0n) is 19.1. The number of fused-ring (bicyclic) bond motifs is 1. The Morgan fingerprint density at radius 1 is 1.14 bits per heavy atom. The number of pyridine rings is 1. The van der Waals surface area contributed by atoms with E-state index in [4.69, 9.17) is 4.74 Å². The van der Waals surface area contributed by atoms with E-state index in [1.54, 1.807) is 30.3 Å². The molecule has 0 unspecified atom stereocenters. The lowest BCUT2D eigenvalue weighted by Crippen LogP contribution is -2.34. The molecule has 3 aromatic heterocycles. The SMILES string of the molecule is COc1nc(C=Cc2nc3n(n2)CCC[C@@]3(C#N)c2ccc(F)c(F)c2)ccc1-n1cnc(C)c1. The normalized spacial score (nSPS) is 17.3. The summed E-state index contributed by atoms with van der Waals surface area (Å²) < 4.78 is 36.4. The molecular formula is C25H21F2N7O. The van der Waals surface area contributed by atoms with Gasteiger partial charge in [0.15, 0.2) is 23.3 Å². The summed E-state index contributed by atoms with van der Waals surface area (Å²) >= 11 is 0. The maximum atomic E-state index is 14.0. The van der Waals surface area contributed by atoms with Crippen LogP contribution in [0.15, 0.2) is 42.9 Å². The van der Waals surface area contributed by atoms with Crippen molar-refractivity contribution < 1.29 is 13.5 Å². The molecule has 4 heterocycles. The highest BCUT2D eigenvalue weighted by Crippen LogP contribution is 2.39. The van der Waals surface area contributed by atoms with Gasteiger partial charge in [-0.25, -0.2) is 28.4 Å². The Morgan fingerprint density at radius 3 is 2.71 bits per heavy atom. The van der Waals surface area contributed by atoms with Gasteiger partial charge in [0.05, 0.1) is 30.9 Å². The summed E-state index contributed by atoms with van der Waals surface area (Å²) in [7, 11) is 1.55. The van der Waals surface area contributed by atoms with Crippen molar-refractivity contribution in [1.29, 1.82) is 5.26 Å². The quantitative estimate of drug-likeness (QED) is 0.431. The fourth-order valence-electron chi connectivity index (χ4n) is 4.31. The van der Waals surface area contributed by atoms with Crippen LogP contribution in [0, 0.1) is 29.9 Å². The van der Waals surface area contributed by atoms with E-state index in [-0.39, 0.29) is 0 Å². The van der Waals surface area contributed by atoms with Gasteiger partial charge in [-0.15, -0.1) is 0 Å². The molecule has 4 aromatic rings. The van der Waals surface area contributed by atoms with E-state index >= 15 is 0 Å². The average molecular weight is 473 g/mol. The van der Waals surface area contributed by atoms with E-state index in [9.17, 15) is 14.0 Å². The Kier molecular flexibility index (Phi) is 5.61. The highest BCUT2D eigenvalue weighted by atomic mass is 19.2. The molecular weight excluding hydrogens is 452 g/mol. The zero-order chi connectivity index (χ0) is 24.6. The summed E-state index contributed by atoms with van der Waals surface area (Å²) in [6.45, 7) is 2.48. The minimum absolute atomic E-state index is 0.361. The third-order valence-corrected chi connectivity index (χ3v) is 6.04. The predicted octanol–water partition coefficient (Wildman–Crippen LogP) is 4.23. The smallest absolute Gasteiger partial charge is 0.238 e. The van der Waals surface area contributed by atoms with Gasteiger partial charge in [-0.1, -0.05) is 6.07 Å². The molecule has 0 spiro atoms. The fourth-order valence-corrected chi connectivity index (χ4v) is 4.31. The van der Waals surface area contributed by atoms with Crippen LogP contribution < -0.4 is 4.74 Å². The number of hydrogen-bond acceptors (Lipinski definition) is 6. The lowest BCUT2D eigenvalue weighted by molar-refractivity contribution is 0.390. The second-order valence-corrected chi connectivity index (χ2v) is 8.29. The lowest BCUT2D eigenvalue weighted by Gasteiger charge is -2.30. The zero-order valence-corrected chi connectivity index (χ0v) is 19.1. The first-order valence-corrected chi connectivity index (χ1v) is 11.0. The molecule has 1 aromatic carbocycles. The third-order valence-electron chi connectivity index (χ3n) is 6.04. The van der Waals surface area contributed by atoms with Crippen molar-refractivity contribution in [3.8, 4) is 17.6 Å². The molecule has 0 aliphatic carbocycles. The Morgan fingerprint density at radius 2 is 2.00 bits per heavy atom. The molecule has 1 atom stereocenters. The van der Waals surface area contributed by atoms with Gasteiger partial charge in [-0.2, -0.15) is 10.4 Å². The van der Waals surface area contributed by atoms with Crippen molar-refractivity contribution in [3.63, 3.8) is 0 Å². The van der Waals surface area contributed by atoms with Gasteiger partial charge in [-0.3, -0.25) is 0 Å². The average Bonchev–Trinajstić information content (AvgIpc) is 3.50. The van der Waals surface area contributed by atoms with Gasteiger partial charge < -0.3 is 9.30 Å². The molecule has 5 rings (SSSR count). The van der Waals surface area contributed by atoms with E-state index in [2.05, 4.69) is 26.1 Å². The summed E-state index contributed by atoms with van der Waals surface area (Å²) in [6, 6.07) is 9.53. The maximum absolute atomic E-state index is 14.0. The summed E-state index contributed by atoms with van der Waals surface area (Å²) in [5.74, 6) is -0.723. The molecule has 0 N–H and O–H groups in total. The second-order valence-electron chi connectivity index (χ2n) is 8.29. The summed E-state index contributed by atoms with van der Waals surface area (Å²) in [4.78, 5) is 13.4. The fraction of sp³-hybridized carbons (Fsp3) is 0.240. The van der Waals surface area contributed by atoms with Crippen molar-refractivity contribution in [2.24, 2.45) is 0 Å². The number of nitriles is 1. The number of methoxy groups -OCH3 is 1. The van der Waals surface area contributed by atoms with Crippen molar-refractivity contribution >= 4 is 12.2 Å². The van der Waals surface area contributed by atoms with Crippen LogP contribution in [0.25, 0.3) is 17.8 Å². The Hall–Kier alpha value is -4.39. The van der Waals surface area contributed by atoms with Gasteiger partial charge in [0.1, 0.15) is 11.1 Å². The lowest BCUT2D eigenvalue weighted by atomic mass is 9.75. The topological polar surface area (TPSA) is 94.4 Å². The van der Waals surface area contributed by atoms with Crippen LogP contribution in [-0.2, 0) is 12.0 Å². The molecule has 0 radical (unpaired) electrons. The predicted molar refractivity (Wildman–Crippen MR) is 124 cm³/mol. The van der Waals surface area contributed by atoms with Crippen LogP contribution in [0.4, 0.5) is 8.78 Å². The van der Waals surface area contributed by atoms with E-state index in [0.29, 0.717) is 48.2 Å². The minimum Gasteiger partial charge on any atom is -0.479 e. The first-order chi connectivity index (χ1) is 16.9. The number of ether oxygens (including phenoxy) is 1. The molecule has 0 saturated heterocycles. The molecule has 0 fully saturated rings. The molecule has 176 valence electrons. The highest BCUT2D eigenvalue weighted by Gasteiger charge is 2.42. The summed E-state index contributed by atoms with van der Waals surface area (Å²) in [5, 5.41) is 14.6. The molecule has 0 bridgehead atoms. The third kappa shape index (κ3) is 3.95. The minimum atomic E-state index is -1.21. The number of nitrogens with zero attached hydrogens (tertiary/aromatic N) is 7. The van der Waals surface area contributed by atoms with Gasteiger partial charge in [-0.05, 0) is 61.7 Å². The summed E-state index contributed by atoms with van der Waals surface area (Å²) in [5.41, 5.74) is 1.41. The van der Waals surface area contributed by atoms with Crippen LogP contribution in [0.3, 0.4) is 0 Å². The standard InChI is InChI=1S/C25H21F2N7O/c1-16-13-33(15-29-16)21-8-5-18(30-23(21)35-2)6-9-22-31-24-25(14-28,10-3-11-34(24)32-22)17-4-7-19(26)20(27)12-17/h4-9,12-13,15H,3,10-11H2,1-2H3/t25-/m1/s1. The van der Waals surface area contributed by atoms with E-state index in [1.807, 2.05) is 29.8 Å². The maximum Gasteiger partial charge on any atom is 0.238 e. The highest BCUT2D eigenvalue weighted by molar-refractivity contribution is 5.66. The van der Waals surface area contributed by atoms with Crippen molar-refractivity contribution in [1.82, 2.24) is 29.3 Å². The van der Waals surface area contributed by atoms with Crippen LogP contribution >= 0.6 is 0 Å². The van der Waals surface area contributed by atoms with E-state index in [0.717, 1.165) is 23.5 Å². The molecule has 8 nitrogen and oxygen atoms in total. The molecule has 35 heavy (non-hydrogen) atoms. The van der Waals surface area contributed by atoms with E-state index in [1.165, 1.54) is 6.07 Å². The van der Waals surface area contributed by atoms with Gasteiger partial charge in [0.25, 0.3) is 0 Å². The molecule has 0 amide bonds. The first-order valence-electron chi connectivity index (χ1n) is 11.0. The number of benzene rings is 1. The summed E-state index contributed by atoms with van der Waals surface area (Å²) in [6.07, 6.45) is 8.10. The molecule has 1 aliphatic heterocycles. The monoisotopic (exact) mass is 473 g/mol. The van der Waals surface area contributed by atoms with Gasteiger partial charge >= 0.3 is 0 Å². The van der Waals surface area contributed by atoms with E-state index < -0.39 is 17.0 Å². The first kappa shape index (κ1) is 22.4. The van der Waals surface area contributed by atoms with Crippen LogP contribution in [0.1, 0.15) is 41.4 Å². The van der Waals surface area contributed by atoms with Crippen LogP contribution in [0.2, 0.25) is 0 Å². The van der Waals surface area contributed by atoms with Gasteiger partial charge in [0.2, 0.25) is 5.88 Å². The van der Waals surface area contributed by atoms with Crippen molar-refractivity contribution in [2.45, 2.75) is 31.7 Å². The number of rotatable bonds is 5. The van der Waals surface area contributed by atoms with Crippen LogP contribution in [0.5, 0.6) is 5.88 Å². The largest absolute Gasteiger partial charge is 0.479 e. The van der Waals surface area contributed by atoms with Crippen molar-refractivity contribution in [3.05, 3.63) is 83.1 Å². The molecule has 1 aliphatic rings. The molecule has 0 saturated carbocycles. The Labute approximate surface area is 200 Å². The van der Waals surface area contributed by atoms with Crippen LogP contribution in [-0.4, -0.2) is 36.4 Å². The number of hydrogen-bond donors (Lipinski definition) is 0. The second kappa shape index (κ2) is 8.76.